The summed E-state index contributed by atoms with van der Waals surface area (Å²) in [4.78, 5) is 15.0. The first-order chi connectivity index (χ1) is 16.1. The molecular formula is C28H29NO4. The second kappa shape index (κ2) is 10.7. The van der Waals surface area contributed by atoms with Gasteiger partial charge in [-0.2, -0.15) is 0 Å². The summed E-state index contributed by atoms with van der Waals surface area (Å²) in [5, 5.41) is 1.08. The molecule has 0 bridgehead atoms. The van der Waals surface area contributed by atoms with Gasteiger partial charge >= 0.3 is 5.97 Å². The second-order valence-electron chi connectivity index (χ2n) is 8.00. The molecule has 1 N–H and O–H groups in total. The molecule has 0 aliphatic carbocycles. The summed E-state index contributed by atoms with van der Waals surface area (Å²) in [7, 11) is 1.41. The van der Waals surface area contributed by atoms with Crippen molar-refractivity contribution >= 4 is 16.9 Å². The number of ether oxygens (including phenoxy) is 3. The lowest BCUT2D eigenvalue weighted by Gasteiger charge is -2.13. The molecule has 5 heteroatoms. The van der Waals surface area contributed by atoms with Crippen molar-refractivity contribution < 1.29 is 19.0 Å². The van der Waals surface area contributed by atoms with Gasteiger partial charge in [-0.1, -0.05) is 37.6 Å². The lowest BCUT2D eigenvalue weighted by molar-refractivity contribution is -0.139. The summed E-state index contributed by atoms with van der Waals surface area (Å²) in [6.45, 7) is 2.73. The number of hydrogen-bond acceptors (Lipinski definition) is 4. The maximum Gasteiger partial charge on any atom is 0.309 e. The van der Waals surface area contributed by atoms with Crippen molar-refractivity contribution in [1.82, 2.24) is 4.98 Å². The lowest BCUT2D eigenvalue weighted by atomic mass is 10.1. The Balaban J connectivity index is 1.40. The minimum atomic E-state index is -0.235. The lowest BCUT2D eigenvalue weighted by Crippen LogP contribution is -2.04. The van der Waals surface area contributed by atoms with E-state index in [2.05, 4.69) is 24.0 Å². The van der Waals surface area contributed by atoms with Crippen LogP contribution in [0.15, 0.2) is 72.8 Å². The molecule has 0 unspecified atom stereocenters. The molecule has 0 radical (unpaired) electrons. The highest BCUT2D eigenvalue weighted by Gasteiger charge is 2.09. The molecule has 0 saturated heterocycles. The van der Waals surface area contributed by atoms with E-state index in [1.54, 1.807) is 0 Å². The van der Waals surface area contributed by atoms with Crippen molar-refractivity contribution in [2.24, 2.45) is 0 Å². The highest BCUT2D eigenvalue weighted by Crippen LogP contribution is 2.29. The molecule has 0 amide bonds. The molecule has 0 saturated carbocycles. The fourth-order valence-electron chi connectivity index (χ4n) is 3.85. The molecule has 0 aliphatic rings. The first kappa shape index (κ1) is 22.5. The van der Waals surface area contributed by atoms with Crippen LogP contribution in [0.4, 0.5) is 0 Å². The van der Waals surface area contributed by atoms with Crippen LogP contribution >= 0.6 is 0 Å². The summed E-state index contributed by atoms with van der Waals surface area (Å²) >= 11 is 0. The van der Waals surface area contributed by atoms with Crippen molar-refractivity contribution in [3.8, 4) is 17.2 Å². The van der Waals surface area contributed by atoms with Crippen LogP contribution in [0.1, 0.15) is 30.2 Å². The van der Waals surface area contributed by atoms with E-state index in [0.717, 1.165) is 64.2 Å². The van der Waals surface area contributed by atoms with Crippen LogP contribution in [0.3, 0.4) is 0 Å². The number of carbonyl (C=O) groups excluding carboxylic acids is 1. The van der Waals surface area contributed by atoms with Crippen molar-refractivity contribution in [3.63, 3.8) is 0 Å². The van der Waals surface area contributed by atoms with Gasteiger partial charge in [-0.3, -0.25) is 4.79 Å². The standard InChI is InChI=1S/C28H29NO4/c1-3-7-21-19-25(33-24-8-5-4-6-9-24)11-13-27(21)32-15-14-23-18-22-16-20(17-28(30)31-2)10-12-26(22)29-23/h4-6,8-13,16,18-19,29H,3,7,14-15,17H2,1-2H3. The van der Waals surface area contributed by atoms with Gasteiger partial charge in [-0.05, 0) is 71.5 Å². The Morgan fingerprint density at radius 1 is 0.909 bits per heavy atom. The summed E-state index contributed by atoms with van der Waals surface area (Å²) in [6, 6.07) is 23.9. The van der Waals surface area contributed by atoms with Gasteiger partial charge in [0.2, 0.25) is 0 Å². The quantitative estimate of drug-likeness (QED) is 0.294. The number of nitrogens with one attached hydrogen (secondary N) is 1. The second-order valence-corrected chi connectivity index (χ2v) is 8.00. The average molecular weight is 444 g/mol. The van der Waals surface area contributed by atoms with E-state index in [0.29, 0.717) is 6.61 Å². The van der Waals surface area contributed by atoms with Crippen LogP contribution in [0.2, 0.25) is 0 Å². The Morgan fingerprint density at radius 3 is 2.55 bits per heavy atom. The molecule has 3 aromatic carbocycles. The van der Waals surface area contributed by atoms with Crippen molar-refractivity contribution in [1.29, 1.82) is 0 Å². The summed E-state index contributed by atoms with van der Waals surface area (Å²) in [5.41, 5.74) is 4.24. The average Bonchev–Trinajstić information content (AvgIpc) is 3.23. The molecular weight excluding hydrogens is 414 g/mol. The van der Waals surface area contributed by atoms with Gasteiger partial charge in [0, 0.05) is 17.6 Å². The largest absolute Gasteiger partial charge is 0.493 e. The fourth-order valence-corrected chi connectivity index (χ4v) is 3.85. The van der Waals surface area contributed by atoms with Crippen LogP contribution in [0.25, 0.3) is 10.9 Å². The maximum absolute atomic E-state index is 11.5. The Labute approximate surface area is 194 Å². The van der Waals surface area contributed by atoms with Crippen molar-refractivity contribution in [3.05, 3.63) is 89.6 Å². The van der Waals surface area contributed by atoms with Gasteiger partial charge in [0.15, 0.2) is 0 Å². The number of rotatable bonds is 10. The van der Waals surface area contributed by atoms with Crippen molar-refractivity contribution in [2.75, 3.05) is 13.7 Å². The Kier molecular flexibility index (Phi) is 7.30. The normalized spacial score (nSPS) is 10.8. The minimum Gasteiger partial charge on any atom is -0.493 e. The number of methoxy groups -OCH3 is 1. The zero-order valence-corrected chi connectivity index (χ0v) is 19.1. The van der Waals surface area contributed by atoms with Crippen LogP contribution in [0, 0.1) is 0 Å². The van der Waals surface area contributed by atoms with Crippen molar-refractivity contribution in [2.45, 2.75) is 32.6 Å². The van der Waals surface area contributed by atoms with Gasteiger partial charge in [-0.25, -0.2) is 0 Å². The third-order valence-corrected chi connectivity index (χ3v) is 5.48. The predicted octanol–water partition coefficient (Wildman–Crippen LogP) is 6.25. The van der Waals surface area contributed by atoms with E-state index < -0.39 is 0 Å². The number of aryl methyl sites for hydroxylation is 1. The Bertz CT molecular complexity index is 1210. The van der Waals surface area contributed by atoms with E-state index in [1.807, 2.05) is 60.7 Å². The highest BCUT2D eigenvalue weighted by atomic mass is 16.5. The van der Waals surface area contributed by atoms with E-state index >= 15 is 0 Å². The number of carbonyl (C=O) groups is 1. The number of aromatic nitrogens is 1. The van der Waals surface area contributed by atoms with Crippen LogP contribution in [-0.4, -0.2) is 24.7 Å². The first-order valence-corrected chi connectivity index (χ1v) is 11.3. The fraction of sp³-hybridized carbons (Fsp3) is 0.250. The monoisotopic (exact) mass is 443 g/mol. The molecule has 1 aromatic heterocycles. The molecule has 0 spiro atoms. The topological polar surface area (TPSA) is 60.6 Å². The van der Waals surface area contributed by atoms with E-state index in [-0.39, 0.29) is 12.4 Å². The smallest absolute Gasteiger partial charge is 0.309 e. The van der Waals surface area contributed by atoms with Gasteiger partial charge in [0.25, 0.3) is 0 Å². The SMILES string of the molecule is CCCc1cc(Oc2ccccc2)ccc1OCCc1cc2cc(CC(=O)OC)ccc2[nH]1. The Morgan fingerprint density at radius 2 is 1.76 bits per heavy atom. The molecule has 170 valence electrons. The zero-order chi connectivity index (χ0) is 23.0. The van der Waals surface area contributed by atoms with Crippen LogP contribution < -0.4 is 9.47 Å². The number of para-hydroxylation sites is 1. The Hall–Kier alpha value is -3.73. The summed E-state index contributed by atoms with van der Waals surface area (Å²) in [6.07, 6.45) is 2.99. The molecule has 0 atom stereocenters. The molecule has 4 aromatic rings. The highest BCUT2D eigenvalue weighted by molar-refractivity contribution is 5.82. The molecule has 1 heterocycles. The number of fused-ring (bicyclic) bond motifs is 1. The molecule has 0 fully saturated rings. The molecule has 33 heavy (non-hydrogen) atoms. The van der Waals surface area contributed by atoms with Gasteiger partial charge in [0.1, 0.15) is 17.2 Å². The van der Waals surface area contributed by atoms with E-state index in [9.17, 15) is 4.79 Å². The molecule has 5 nitrogen and oxygen atoms in total. The summed E-state index contributed by atoms with van der Waals surface area (Å²) in [5.74, 6) is 2.30. The van der Waals surface area contributed by atoms with Crippen LogP contribution in [-0.2, 0) is 28.8 Å². The molecule has 0 aliphatic heterocycles. The number of benzene rings is 3. The van der Waals surface area contributed by atoms with Crippen LogP contribution in [0.5, 0.6) is 17.2 Å². The minimum absolute atomic E-state index is 0.235. The zero-order valence-electron chi connectivity index (χ0n) is 19.1. The maximum atomic E-state index is 11.5. The van der Waals surface area contributed by atoms with E-state index in [4.69, 9.17) is 14.2 Å². The summed E-state index contributed by atoms with van der Waals surface area (Å²) < 4.78 is 16.9. The number of esters is 1. The van der Waals surface area contributed by atoms with Gasteiger partial charge in [0.05, 0.1) is 20.1 Å². The predicted molar refractivity (Wildman–Crippen MR) is 130 cm³/mol. The first-order valence-electron chi connectivity index (χ1n) is 11.3. The van der Waals surface area contributed by atoms with E-state index in [1.165, 1.54) is 7.11 Å². The van der Waals surface area contributed by atoms with Gasteiger partial charge < -0.3 is 19.2 Å². The molecule has 4 rings (SSSR count). The number of aromatic amines is 1. The van der Waals surface area contributed by atoms with Gasteiger partial charge in [-0.15, -0.1) is 0 Å². The third kappa shape index (κ3) is 5.95. The number of hydrogen-bond donors (Lipinski definition) is 1. The number of H-pyrrole nitrogens is 1. The third-order valence-electron chi connectivity index (χ3n) is 5.48.